The SMILES string of the molecule is COC(=O)c1cnc(N=C=O)o1. The summed E-state index contributed by atoms with van der Waals surface area (Å²) < 4.78 is 8.98. The quantitative estimate of drug-likeness (QED) is 0.363. The smallest absolute Gasteiger partial charge is 0.375 e. The van der Waals surface area contributed by atoms with E-state index in [-0.39, 0.29) is 11.8 Å². The minimum atomic E-state index is -0.671. The molecule has 0 atom stereocenters. The minimum Gasteiger partial charge on any atom is -0.463 e. The highest BCUT2D eigenvalue weighted by molar-refractivity contribution is 5.85. The van der Waals surface area contributed by atoms with Crippen LogP contribution in [0.2, 0.25) is 0 Å². The van der Waals surface area contributed by atoms with Gasteiger partial charge in [-0.2, -0.15) is 4.98 Å². The number of aliphatic imine (C=N–C) groups is 1. The summed E-state index contributed by atoms with van der Waals surface area (Å²) in [6, 6.07) is -0.217. The zero-order valence-corrected chi connectivity index (χ0v) is 6.10. The van der Waals surface area contributed by atoms with Crippen LogP contribution in [0.3, 0.4) is 0 Å². The molecule has 0 spiro atoms. The fourth-order valence-corrected chi connectivity index (χ4v) is 0.551. The van der Waals surface area contributed by atoms with Crippen LogP contribution in [0.5, 0.6) is 0 Å². The van der Waals surface area contributed by atoms with Crippen molar-refractivity contribution in [2.24, 2.45) is 4.99 Å². The van der Waals surface area contributed by atoms with Crippen LogP contribution in [0.25, 0.3) is 0 Å². The number of isocyanates is 1. The van der Waals surface area contributed by atoms with E-state index >= 15 is 0 Å². The minimum absolute atomic E-state index is 0.105. The van der Waals surface area contributed by atoms with Gasteiger partial charge in [0, 0.05) is 0 Å². The molecule has 0 bridgehead atoms. The maximum atomic E-state index is 10.7. The second-order valence-corrected chi connectivity index (χ2v) is 1.70. The lowest BCUT2D eigenvalue weighted by Crippen LogP contribution is -1.98. The van der Waals surface area contributed by atoms with Gasteiger partial charge in [0.05, 0.1) is 13.3 Å². The molecule has 0 aliphatic rings. The van der Waals surface area contributed by atoms with E-state index < -0.39 is 5.97 Å². The summed E-state index contributed by atoms with van der Waals surface area (Å²) in [5.74, 6) is -0.777. The predicted molar refractivity (Wildman–Crippen MR) is 35.6 cm³/mol. The van der Waals surface area contributed by atoms with E-state index in [1.165, 1.54) is 13.2 Å². The molecular formula is C6H4N2O4. The van der Waals surface area contributed by atoms with Crippen molar-refractivity contribution in [2.45, 2.75) is 0 Å². The number of oxazole rings is 1. The van der Waals surface area contributed by atoms with Crippen molar-refractivity contribution in [2.75, 3.05) is 7.11 Å². The Morgan fingerprint density at radius 1 is 1.83 bits per heavy atom. The first-order chi connectivity index (χ1) is 5.77. The Hall–Kier alpha value is -1.94. The topological polar surface area (TPSA) is 81.8 Å². The van der Waals surface area contributed by atoms with Gasteiger partial charge >= 0.3 is 12.0 Å². The van der Waals surface area contributed by atoms with Gasteiger partial charge in [-0.3, -0.25) is 0 Å². The zero-order chi connectivity index (χ0) is 8.97. The molecule has 0 aliphatic heterocycles. The maximum Gasteiger partial charge on any atom is 0.375 e. The molecule has 0 saturated heterocycles. The van der Waals surface area contributed by atoms with Crippen LogP contribution in [0.1, 0.15) is 10.6 Å². The van der Waals surface area contributed by atoms with Gasteiger partial charge in [0.25, 0.3) is 0 Å². The third kappa shape index (κ3) is 1.56. The average molecular weight is 168 g/mol. The lowest BCUT2D eigenvalue weighted by Gasteiger charge is -1.89. The van der Waals surface area contributed by atoms with Crippen LogP contribution < -0.4 is 0 Å². The number of hydrogen-bond donors (Lipinski definition) is 0. The van der Waals surface area contributed by atoms with Crippen molar-refractivity contribution in [1.29, 1.82) is 0 Å². The number of aromatic nitrogens is 1. The van der Waals surface area contributed by atoms with E-state index in [0.29, 0.717) is 0 Å². The third-order valence-corrected chi connectivity index (χ3v) is 1.02. The second-order valence-electron chi connectivity index (χ2n) is 1.70. The molecule has 0 N–H and O–H groups in total. The lowest BCUT2D eigenvalue weighted by molar-refractivity contribution is 0.0566. The standard InChI is InChI=1S/C6H4N2O4/c1-11-5(10)4-2-7-6(12-4)8-3-9/h2H,1H3. The Kier molecular flexibility index (Phi) is 2.35. The first-order valence-electron chi connectivity index (χ1n) is 2.90. The highest BCUT2D eigenvalue weighted by Gasteiger charge is 2.11. The predicted octanol–water partition coefficient (Wildman–Crippen LogP) is 0.428. The van der Waals surface area contributed by atoms with Crippen molar-refractivity contribution < 1.29 is 18.7 Å². The van der Waals surface area contributed by atoms with Crippen LogP contribution in [-0.4, -0.2) is 24.1 Å². The van der Waals surface area contributed by atoms with Crippen LogP contribution in [0.4, 0.5) is 6.01 Å². The summed E-state index contributed by atoms with van der Waals surface area (Å²) in [4.78, 5) is 27.0. The molecule has 0 aliphatic carbocycles. The van der Waals surface area contributed by atoms with Crippen molar-refractivity contribution in [3.05, 3.63) is 12.0 Å². The van der Waals surface area contributed by atoms with Gasteiger partial charge in [-0.25, -0.2) is 9.59 Å². The highest BCUT2D eigenvalue weighted by atomic mass is 16.5. The van der Waals surface area contributed by atoms with Crippen LogP contribution >= 0.6 is 0 Å². The Bertz CT molecular complexity index is 337. The summed E-state index contributed by atoms with van der Waals surface area (Å²) in [5, 5.41) is 0. The van der Waals surface area contributed by atoms with Crippen LogP contribution in [-0.2, 0) is 9.53 Å². The van der Waals surface area contributed by atoms with Crippen LogP contribution in [0.15, 0.2) is 15.6 Å². The van der Waals surface area contributed by atoms with Crippen molar-refractivity contribution in [3.8, 4) is 0 Å². The van der Waals surface area contributed by atoms with E-state index in [1.807, 2.05) is 0 Å². The number of hydrogen-bond acceptors (Lipinski definition) is 6. The maximum absolute atomic E-state index is 10.7. The summed E-state index contributed by atoms with van der Waals surface area (Å²) in [7, 11) is 1.20. The molecule has 0 unspecified atom stereocenters. The van der Waals surface area contributed by atoms with E-state index in [9.17, 15) is 9.59 Å². The molecule has 62 valence electrons. The largest absolute Gasteiger partial charge is 0.463 e. The molecule has 1 aromatic rings. The molecular weight excluding hydrogens is 164 g/mol. The number of rotatable bonds is 2. The van der Waals surface area contributed by atoms with Crippen molar-refractivity contribution >= 4 is 18.1 Å². The fraction of sp³-hybridized carbons (Fsp3) is 0.167. The van der Waals surface area contributed by atoms with Crippen molar-refractivity contribution in [1.82, 2.24) is 4.98 Å². The fourth-order valence-electron chi connectivity index (χ4n) is 0.551. The summed E-state index contributed by atoms with van der Waals surface area (Å²) in [5.41, 5.74) is 0. The van der Waals surface area contributed by atoms with Gasteiger partial charge in [0.2, 0.25) is 11.8 Å². The Morgan fingerprint density at radius 3 is 3.17 bits per heavy atom. The molecule has 1 heterocycles. The molecule has 1 aromatic heterocycles. The van der Waals surface area contributed by atoms with E-state index in [1.54, 1.807) is 0 Å². The normalized spacial score (nSPS) is 8.75. The van der Waals surface area contributed by atoms with Crippen molar-refractivity contribution in [3.63, 3.8) is 0 Å². The third-order valence-electron chi connectivity index (χ3n) is 1.02. The molecule has 0 amide bonds. The zero-order valence-electron chi connectivity index (χ0n) is 6.10. The highest BCUT2D eigenvalue weighted by Crippen LogP contribution is 2.11. The monoisotopic (exact) mass is 168 g/mol. The number of esters is 1. The van der Waals surface area contributed by atoms with Gasteiger partial charge in [-0.1, -0.05) is 0 Å². The first kappa shape index (κ1) is 8.16. The number of ether oxygens (including phenoxy) is 1. The summed E-state index contributed by atoms with van der Waals surface area (Å²) in [6.07, 6.45) is 2.33. The molecule has 12 heavy (non-hydrogen) atoms. The average Bonchev–Trinajstić information content (AvgIpc) is 2.52. The molecule has 0 aromatic carbocycles. The van der Waals surface area contributed by atoms with Gasteiger partial charge in [0.15, 0.2) is 0 Å². The number of nitrogens with zero attached hydrogens (tertiary/aromatic N) is 2. The first-order valence-corrected chi connectivity index (χ1v) is 2.90. The molecule has 0 saturated carbocycles. The lowest BCUT2D eigenvalue weighted by atomic mass is 10.5. The van der Waals surface area contributed by atoms with Crippen LogP contribution in [0, 0.1) is 0 Å². The molecule has 6 nitrogen and oxygen atoms in total. The number of methoxy groups -OCH3 is 1. The molecule has 0 fully saturated rings. The molecule has 6 heteroatoms. The summed E-state index contributed by atoms with van der Waals surface area (Å²) in [6.45, 7) is 0. The van der Waals surface area contributed by atoms with Gasteiger partial charge in [-0.05, 0) is 0 Å². The van der Waals surface area contributed by atoms with E-state index in [4.69, 9.17) is 0 Å². The van der Waals surface area contributed by atoms with Gasteiger partial charge < -0.3 is 9.15 Å². The van der Waals surface area contributed by atoms with Gasteiger partial charge in [0.1, 0.15) is 0 Å². The molecule has 0 radical (unpaired) electrons. The second kappa shape index (κ2) is 3.45. The van der Waals surface area contributed by atoms with E-state index in [0.717, 1.165) is 6.20 Å². The Balaban J connectivity index is 2.91. The number of carbonyl (C=O) groups is 1. The number of carbonyl (C=O) groups excluding carboxylic acids is 2. The summed E-state index contributed by atoms with van der Waals surface area (Å²) >= 11 is 0. The molecule has 1 rings (SSSR count). The Labute approximate surface area is 66.9 Å². The van der Waals surface area contributed by atoms with E-state index in [2.05, 4.69) is 19.1 Å². The van der Waals surface area contributed by atoms with Gasteiger partial charge in [-0.15, -0.1) is 4.99 Å². The Morgan fingerprint density at radius 2 is 2.58 bits per heavy atom.